The van der Waals surface area contributed by atoms with Gasteiger partial charge in [0.25, 0.3) is 0 Å². The van der Waals surface area contributed by atoms with Gasteiger partial charge in [0.2, 0.25) is 17.2 Å². The fourth-order valence-corrected chi connectivity index (χ4v) is 2.33. The van der Waals surface area contributed by atoms with Crippen LogP contribution in [0.5, 0.6) is 0 Å². The molecule has 16 heavy (non-hydrogen) atoms. The molecule has 0 aliphatic carbocycles. The van der Waals surface area contributed by atoms with Crippen molar-refractivity contribution in [2.45, 2.75) is 38.6 Å². The number of hydrogen-bond acceptors (Lipinski definition) is 5. The van der Waals surface area contributed by atoms with Crippen LogP contribution in [-0.2, 0) is 0 Å². The molecular weight excluding hydrogens is 226 g/mol. The van der Waals surface area contributed by atoms with Gasteiger partial charge in [-0.05, 0) is 37.3 Å². The van der Waals surface area contributed by atoms with Gasteiger partial charge in [-0.25, -0.2) is 0 Å². The van der Waals surface area contributed by atoms with Crippen LogP contribution in [0.4, 0.5) is 11.9 Å². The highest BCUT2D eigenvalue weighted by atomic mass is 35.5. The van der Waals surface area contributed by atoms with E-state index in [1.54, 1.807) is 0 Å². The highest BCUT2D eigenvalue weighted by molar-refractivity contribution is 6.28. The van der Waals surface area contributed by atoms with E-state index in [4.69, 9.17) is 17.3 Å². The van der Waals surface area contributed by atoms with Crippen molar-refractivity contribution in [3.05, 3.63) is 5.28 Å². The van der Waals surface area contributed by atoms with E-state index in [1.807, 2.05) is 0 Å². The number of anilines is 2. The molecule has 1 aliphatic rings. The molecule has 0 amide bonds. The maximum absolute atomic E-state index is 5.79. The van der Waals surface area contributed by atoms with Crippen LogP contribution in [0.3, 0.4) is 0 Å². The van der Waals surface area contributed by atoms with Crippen molar-refractivity contribution in [1.29, 1.82) is 0 Å². The summed E-state index contributed by atoms with van der Waals surface area (Å²) < 4.78 is 0. The summed E-state index contributed by atoms with van der Waals surface area (Å²) in [5, 5.41) is 0.169. The molecule has 0 bridgehead atoms. The van der Waals surface area contributed by atoms with E-state index in [2.05, 4.69) is 26.8 Å². The first-order valence-corrected chi connectivity index (χ1v) is 6.02. The predicted octanol–water partition coefficient (Wildman–Crippen LogP) is 1.88. The molecule has 2 heterocycles. The summed E-state index contributed by atoms with van der Waals surface area (Å²) >= 11 is 5.79. The van der Waals surface area contributed by atoms with E-state index < -0.39 is 0 Å². The van der Waals surface area contributed by atoms with E-state index in [0.29, 0.717) is 12.0 Å². The Labute approximate surface area is 100 Å². The number of hydrogen-bond donors (Lipinski definition) is 1. The second-order valence-electron chi connectivity index (χ2n) is 4.01. The van der Waals surface area contributed by atoms with Gasteiger partial charge in [0.05, 0.1) is 0 Å². The van der Waals surface area contributed by atoms with Gasteiger partial charge in [-0.1, -0.05) is 6.92 Å². The molecule has 1 aromatic rings. The Kier molecular flexibility index (Phi) is 3.43. The van der Waals surface area contributed by atoms with E-state index in [0.717, 1.165) is 13.0 Å². The highest BCUT2D eigenvalue weighted by Gasteiger charge is 2.23. The van der Waals surface area contributed by atoms with Gasteiger partial charge in [0.15, 0.2) is 0 Å². The third-order valence-electron chi connectivity index (χ3n) is 2.97. The van der Waals surface area contributed by atoms with Crippen molar-refractivity contribution < 1.29 is 0 Å². The summed E-state index contributed by atoms with van der Waals surface area (Å²) in [4.78, 5) is 14.3. The SMILES string of the molecule is CC[C@H]1CCCCN1c1nc(N)nc(Cl)n1. The Morgan fingerprint density at radius 2 is 2.19 bits per heavy atom. The van der Waals surface area contributed by atoms with Crippen LogP contribution in [0.1, 0.15) is 32.6 Å². The van der Waals surface area contributed by atoms with Gasteiger partial charge < -0.3 is 10.6 Å². The molecule has 6 heteroatoms. The number of rotatable bonds is 2. The average Bonchev–Trinajstić information content (AvgIpc) is 2.27. The summed E-state index contributed by atoms with van der Waals surface area (Å²) in [7, 11) is 0. The molecule has 1 saturated heterocycles. The third kappa shape index (κ3) is 2.35. The number of nitrogens with two attached hydrogens (primary N) is 1. The van der Waals surface area contributed by atoms with Crippen LogP contribution in [0.25, 0.3) is 0 Å². The van der Waals surface area contributed by atoms with Crippen molar-refractivity contribution in [2.24, 2.45) is 0 Å². The first-order valence-electron chi connectivity index (χ1n) is 5.64. The van der Waals surface area contributed by atoms with Gasteiger partial charge in [0, 0.05) is 12.6 Å². The predicted molar refractivity (Wildman–Crippen MR) is 64.5 cm³/mol. The maximum Gasteiger partial charge on any atom is 0.231 e. The van der Waals surface area contributed by atoms with E-state index in [1.165, 1.54) is 19.3 Å². The smallest absolute Gasteiger partial charge is 0.231 e. The summed E-state index contributed by atoms with van der Waals surface area (Å²) in [5.74, 6) is 0.805. The first kappa shape index (κ1) is 11.4. The topological polar surface area (TPSA) is 67.9 Å². The van der Waals surface area contributed by atoms with Crippen LogP contribution < -0.4 is 10.6 Å². The number of halogens is 1. The second-order valence-corrected chi connectivity index (χ2v) is 4.35. The average molecular weight is 242 g/mol. The van der Waals surface area contributed by atoms with Crippen LogP contribution >= 0.6 is 11.6 Å². The zero-order valence-electron chi connectivity index (χ0n) is 9.36. The molecule has 0 radical (unpaired) electrons. The summed E-state index contributed by atoms with van der Waals surface area (Å²) in [6.07, 6.45) is 4.70. The minimum absolute atomic E-state index is 0.169. The zero-order chi connectivity index (χ0) is 11.5. The van der Waals surface area contributed by atoms with Crippen LogP contribution in [0, 0.1) is 0 Å². The number of aromatic nitrogens is 3. The molecule has 2 N–H and O–H groups in total. The van der Waals surface area contributed by atoms with Crippen LogP contribution in [-0.4, -0.2) is 27.5 Å². The minimum Gasteiger partial charge on any atom is -0.368 e. The summed E-state index contributed by atoms with van der Waals surface area (Å²) in [5.41, 5.74) is 5.58. The molecule has 1 fully saturated rings. The van der Waals surface area contributed by atoms with Gasteiger partial charge in [-0.3, -0.25) is 0 Å². The van der Waals surface area contributed by atoms with Crippen LogP contribution in [0.15, 0.2) is 0 Å². The van der Waals surface area contributed by atoms with E-state index in [9.17, 15) is 0 Å². The highest BCUT2D eigenvalue weighted by Crippen LogP contribution is 2.24. The van der Waals surface area contributed by atoms with Gasteiger partial charge in [0.1, 0.15) is 0 Å². The molecule has 1 aliphatic heterocycles. The molecule has 0 saturated carbocycles. The quantitative estimate of drug-likeness (QED) is 0.856. The molecule has 2 rings (SSSR count). The van der Waals surface area contributed by atoms with Crippen molar-refractivity contribution in [1.82, 2.24) is 15.0 Å². The molecular formula is C10H16ClN5. The van der Waals surface area contributed by atoms with Crippen molar-refractivity contribution in [3.63, 3.8) is 0 Å². The molecule has 0 spiro atoms. The lowest BCUT2D eigenvalue weighted by molar-refractivity contribution is 0.443. The van der Waals surface area contributed by atoms with Gasteiger partial charge >= 0.3 is 0 Å². The van der Waals surface area contributed by atoms with Gasteiger partial charge in [-0.2, -0.15) is 15.0 Å². The lowest BCUT2D eigenvalue weighted by Crippen LogP contribution is -2.40. The standard InChI is InChI=1S/C10H16ClN5/c1-2-7-5-3-4-6-16(7)10-14-8(11)13-9(12)15-10/h7H,2-6H2,1H3,(H2,12,13,14,15)/t7-/m0/s1. The maximum atomic E-state index is 5.79. The van der Waals surface area contributed by atoms with E-state index >= 15 is 0 Å². The monoisotopic (exact) mass is 241 g/mol. The van der Waals surface area contributed by atoms with Crippen molar-refractivity contribution in [3.8, 4) is 0 Å². The van der Waals surface area contributed by atoms with Crippen molar-refractivity contribution >= 4 is 23.5 Å². The molecule has 88 valence electrons. The number of nitrogens with zero attached hydrogens (tertiary/aromatic N) is 4. The lowest BCUT2D eigenvalue weighted by Gasteiger charge is -2.35. The molecule has 0 unspecified atom stereocenters. The van der Waals surface area contributed by atoms with Crippen LogP contribution in [0.2, 0.25) is 5.28 Å². The van der Waals surface area contributed by atoms with Gasteiger partial charge in [-0.15, -0.1) is 0 Å². The third-order valence-corrected chi connectivity index (χ3v) is 3.14. The normalized spacial score (nSPS) is 21.1. The second kappa shape index (κ2) is 4.82. The molecule has 5 nitrogen and oxygen atoms in total. The zero-order valence-corrected chi connectivity index (χ0v) is 10.1. The summed E-state index contributed by atoms with van der Waals surface area (Å²) in [6, 6.07) is 0.492. The molecule has 1 atom stereocenters. The lowest BCUT2D eigenvalue weighted by atomic mass is 10.0. The Bertz CT molecular complexity index is 350. The Balaban J connectivity index is 2.26. The Hall–Kier alpha value is -1.10. The minimum atomic E-state index is 0.169. The fraction of sp³-hybridized carbons (Fsp3) is 0.700. The number of nitrogen functional groups attached to an aromatic ring is 1. The molecule has 0 aromatic carbocycles. The number of piperidine rings is 1. The summed E-state index contributed by atoms with van der Waals surface area (Å²) in [6.45, 7) is 3.15. The fourth-order valence-electron chi connectivity index (χ4n) is 2.17. The van der Waals surface area contributed by atoms with E-state index in [-0.39, 0.29) is 11.2 Å². The Morgan fingerprint density at radius 3 is 2.88 bits per heavy atom. The largest absolute Gasteiger partial charge is 0.368 e. The Morgan fingerprint density at radius 1 is 1.38 bits per heavy atom. The molecule has 1 aromatic heterocycles. The first-order chi connectivity index (χ1) is 7.70. The van der Waals surface area contributed by atoms with Crippen molar-refractivity contribution in [2.75, 3.05) is 17.2 Å².